The summed E-state index contributed by atoms with van der Waals surface area (Å²) in [7, 11) is 0. The van der Waals surface area contributed by atoms with E-state index in [4.69, 9.17) is 0 Å². The molecule has 12 aromatic carbocycles. The fraction of sp³-hybridized carbons (Fsp3) is 0.0411. The van der Waals surface area contributed by atoms with Crippen molar-refractivity contribution in [1.82, 2.24) is 9.13 Å². The van der Waals surface area contributed by atoms with Crippen molar-refractivity contribution < 1.29 is 0 Å². The van der Waals surface area contributed by atoms with E-state index < -0.39 is 0 Å². The van der Waals surface area contributed by atoms with Gasteiger partial charge in [-0.05, 0) is 170 Å². The van der Waals surface area contributed by atoms with Gasteiger partial charge in [-0.1, -0.05) is 178 Å². The van der Waals surface area contributed by atoms with Crippen molar-refractivity contribution in [2.75, 3.05) is 4.90 Å². The molecule has 14 aromatic rings. The molecule has 0 atom stereocenters. The molecule has 0 amide bonds. The molecule has 2 heterocycles. The zero-order chi connectivity index (χ0) is 50.5. The zero-order valence-corrected chi connectivity index (χ0v) is 42.3. The molecule has 0 aliphatic heterocycles. The summed E-state index contributed by atoms with van der Waals surface area (Å²) in [6.07, 6.45) is 0. The van der Waals surface area contributed by atoms with Crippen molar-refractivity contribution in [3.8, 4) is 55.9 Å². The lowest BCUT2D eigenvalue weighted by molar-refractivity contribution is 0.660. The molecule has 358 valence electrons. The maximum absolute atomic E-state index is 2.52. The summed E-state index contributed by atoms with van der Waals surface area (Å²) in [6, 6.07) is 101. The average molecular weight is 970 g/mol. The van der Waals surface area contributed by atoms with E-state index >= 15 is 0 Å². The highest BCUT2D eigenvalue weighted by atomic mass is 15.1. The van der Waals surface area contributed by atoms with Crippen molar-refractivity contribution in [2.45, 2.75) is 19.3 Å². The number of aromatic nitrogens is 2. The van der Waals surface area contributed by atoms with Crippen molar-refractivity contribution in [1.29, 1.82) is 0 Å². The Morgan fingerprint density at radius 1 is 0.289 bits per heavy atom. The number of anilines is 3. The van der Waals surface area contributed by atoms with Crippen LogP contribution in [0.4, 0.5) is 17.1 Å². The molecule has 0 fully saturated rings. The van der Waals surface area contributed by atoms with Crippen LogP contribution in [0.2, 0.25) is 0 Å². The number of fused-ring (bicyclic) bond motifs is 11. The van der Waals surface area contributed by atoms with E-state index in [0.717, 1.165) is 45.0 Å². The highest BCUT2D eigenvalue weighted by Gasteiger charge is 2.37. The minimum atomic E-state index is -0.149. The van der Waals surface area contributed by atoms with Crippen LogP contribution in [0.15, 0.2) is 273 Å². The first-order chi connectivity index (χ1) is 37.5. The third-order valence-electron chi connectivity index (χ3n) is 16.2. The molecule has 0 saturated carbocycles. The molecule has 0 unspecified atom stereocenters. The Kier molecular flexibility index (Phi) is 9.92. The summed E-state index contributed by atoms with van der Waals surface area (Å²) >= 11 is 0. The van der Waals surface area contributed by atoms with Gasteiger partial charge in [-0.2, -0.15) is 0 Å². The summed E-state index contributed by atoms with van der Waals surface area (Å²) in [5.41, 5.74) is 22.7. The molecule has 0 bridgehead atoms. The van der Waals surface area contributed by atoms with Crippen LogP contribution >= 0.6 is 0 Å². The molecule has 15 rings (SSSR count). The van der Waals surface area contributed by atoms with Crippen LogP contribution < -0.4 is 4.90 Å². The number of benzene rings is 12. The lowest BCUT2D eigenvalue weighted by atomic mass is 9.81. The number of rotatable bonds is 8. The normalized spacial score (nSPS) is 12.7. The fourth-order valence-corrected chi connectivity index (χ4v) is 12.7. The summed E-state index contributed by atoms with van der Waals surface area (Å²) in [5.74, 6) is 0. The van der Waals surface area contributed by atoms with E-state index in [1.165, 1.54) is 93.5 Å². The first kappa shape index (κ1) is 43.8. The number of hydrogen-bond acceptors (Lipinski definition) is 1. The third-order valence-corrected chi connectivity index (χ3v) is 16.2. The van der Waals surface area contributed by atoms with Crippen LogP contribution in [0, 0.1) is 0 Å². The Bertz CT molecular complexity index is 4560. The first-order valence-electron chi connectivity index (χ1n) is 26.4. The molecule has 0 saturated heterocycles. The highest BCUT2D eigenvalue weighted by Crippen LogP contribution is 2.53. The van der Waals surface area contributed by atoms with E-state index in [1.54, 1.807) is 0 Å². The molecule has 76 heavy (non-hydrogen) atoms. The summed E-state index contributed by atoms with van der Waals surface area (Å²) in [5, 5.41) is 7.47. The van der Waals surface area contributed by atoms with Gasteiger partial charge in [-0.25, -0.2) is 0 Å². The standard InChI is InChI=1S/C73H51N3/c1-73(2)65-34-17-14-33-62(65)72-61-32-13-12-29-58(61)71(47-66(72)73)76-68-36-19-16-31-60(68)64-46-50(38-40-70(64)76)53-42-51(48-21-20-28-57(44-48)74(54-22-6-3-7-23-54)55-24-8-4-9-25-55)41-52(43-53)49-37-39-69-63(45-49)59-30-15-18-35-67(59)75(69)56-26-10-5-11-27-56/h3-47H,1-2H3. The largest absolute Gasteiger partial charge is 0.310 e. The third kappa shape index (κ3) is 6.82. The SMILES string of the molecule is CC1(C)c2ccccc2-c2c1cc(-n1c3ccccc3c3cc(-c4cc(-c5cccc(N(c6ccccc6)c6ccccc6)c5)cc(-c5ccc6c(c5)c5ccccc5n6-c5ccccc5)c4)ccc31)c1ccccc21. The molecule has 3 nitrogen and oxygen atoms in total. The van der Waals surface area contributed by atoms with Crippen LogP contribution in [0.5, 0.6) is 0 Å². The minimum absolute atomic E-state index is 0.149. The maximum Gasteiger partial charge on any atom is 0.0544 e. The molecule has 2 aromatic heterocycles. The molecule has 0 N–H and O–H groups in total. The fourth-order valence-electron chi connectivity index (χ4n) is 12.7. The number of nitrogens with zero attached hydrogens (tertiary/aromatic N) is 3. The van der Waals surface area contributed by atoms with Gasteiger partial charge in [0.2, 0.25) is 0 Å². The first-order valence-corrected chi connectivity index (χ1v) is 26.4. The Hall–Kier alpha value is -9.70. The second kappa shape index (κ2) is 17.2. The molecule has 0 spiro atoms. The quantitative estimate of drug-likeness (QED) is 0.148. The monoisotopic (exact) mass is 969 g/mol. The van der Waals surface area contributed by atoms with Gasteiger partial charge in [0.1, 0.15) is 0 Å². The predicted octanol–water partition coefficient (Wildman–Crippen LogP) is 19.8. The Labute approximate surface area is 442 Å². The van der Waals surface area contributed by atoms with Gasteiger partial charge in [-0.3, -0.25) is 0 Å². The van der Waals surface area contributed by atoms with Crippen LogP contribution in [0.1, 0.15) is 25.0 Å². The highest BCUT2D eigenvalue weighted by molar-refractivity contribution is 6.14. The van der Waals surface area contributed by atoms with Crippen LogP contribution in [0.25, 0.3) is 110 Å². The zero-order valence-electron chi connectivity index (χ0n) is 42.3. The molecule has 3 heteroatoms. The van der Waals surface area contributed by atoms with Gasteiger partial charge < -0.3 is 14.0 Å². The van der Waals surface area contributed by atoms with E-state index in [2.05, 4.69) is 301 Å². The lowest BCUT2D eigenvalue weighted by Crippen LogP contribution is -2.15. The van der Waals surface area contributed by atoms with Gasteiger partial charge in [-0.15, -0.1) is 0 Å². The second-order valence-electron chi connectivity index (χ2n) is 20.9. The molecule has 1 aliphatic rings. The Balaban J connectivity index is 0.937. The van der Waals surface area contributed by atoms with Gasteiger partial charge in [0.05, 0.1) is 27.8 Å². The summed E-state index contributed by atoms with van der Waals surface area (Å²) in [4.78, 5) is 2.35. The lowest BCUT2D eigenvalue weighted by Gasteiger charge is -2.26. The van der Waals surface area contributed by atoms with Gasteiger partial charge in [0.15, 0.2) is 0 Å². The average Bonchev–Trinajstić information content (AvgIpc) is 4.08. The van der Waals surface area contributed by atoms with Crippen LogP contribution in [-0.2, 0) is 5.41 Å². The molecule has 1 aliphatic carbocycles. The molecule has 0 radical (unpaired) electrons. The second-order valence-corrected chi connectivity index (χ2v) is 20.9. The van der Waals surface area contributed by atoms with E-state index in [0.29, 0.717) is 0 Å². The summed E-state index contributed by atoms with van der Waals surface area (Å²) < 4.78 is 4.92. The number of hydrogen-bond donors (Lipinski definition) is 0. The molecular weight excluding hydrogens is 919 g/mol. The van der Waals surface area contributed by atoms with Crippen molar-refractivity contribution in [3.63, 3.8) is 0 Å². The van der Waals surface area contributed by atoms with Crippen LogP contribution in [0.3, 0.4) is 0 Å². The predicted molar refractivity (Wildman–Crippen MR) is 321 cm³/mol. The number of para-hydroxylation sites is 5. The summed E-state index contributed by atoms with van der Waals surface area (Å²) in [6.45, 7) is 4.77. The Morgan fingerprint density at radius 3 is 1.37 bits per heavy atom. The van der Waals surface area contributed by atoms with E-state index in [-0.39, 0.29) is 5.41 Å². The Morgan fingerprint density at radius 2 is 0.750 bits per heavy atom. The molecular formula is C73H51N3. The van der Waals surface area contributed by atoms with E-state index in [1.807, 2.05) is 0 Å². The van der Waals surface area contributed by atoms with Crippen molar-refractivity contribution in [3.05, 3.63) is 284 Å². The van der Waals surface area contributed by atoms with Crippen molar-refractivity contribution >= 4 is 71.4 Å². The topological polar surface area (TPSA) is 13.1 Å². The smallest absolute Gasteiger partial charge is 0.0544 e. The van der Waals surface area contributed by atoms with Gasteiger partial charge in [0, 0.05) is 55.1 Å². The van der Waals surface area contributed by atoms with Crippen molar-refractivity contribution in [2.24, 2.45) is 0 Å². The maximum atomic E-state index is 2.52. The van der Waals surface area contributed by atoms with Crippen LogP contribution in [-0.4, -0.2) is 9.13 Å². The van der Waals surface area contributed by atoms with Gasteiger partial charge in [0.25, 0.3) is 0 Å². The van der Waals surface area contributed by atoms with E-state index in [9.17, 15) is 0 Å². The minimum Gasteiger partial charge on any atom is -0.310 e. The van der Waals surface area contributed by atoms with Gasteiger partial charge >= 0.3 is 0 Å².